The molecule has 1 aromatic carbocycles. The summed E-state index contributed by atoms with van der Waals surface area (Å²) in [7, 11) is 5.55. The lowest BCUT2D eigenvalue weighted by Gasteiger charge is -2.28. The van der Waals surface area contributed by atoms with Crippen molar-refractivity contribution in [1.82, 2.24) is 4.90 Å². The summed E-state index contributed by atoms with van der Waals surface area (Å²) in [5.74, 6) is 0.0833. The maximum atomic E-state index is 13.5. The van der Waals surface area contributed by atoms with Crippen molar-refractivity contribution >= 4 is 40.7 Å². The van der Waals surface area contributed by atoms with Crippen molar-refractivity contribution in [2.75, 3.05) is 39.2 Å². The molecule has 3 rings (SSSR count). The molecule has 0 fully saturated rings. The Kier molecular flexibility index (Phi) is 6.64. The van der Waals surface area contributed by atoms with Crippen LogP contribution in [0.5, 0.6) is 5.75 Å². The summed E-state index contributed by atoms with van der Waals surface area (Å²) in [6.07, 6.45) is -0.891. The number of fused-ring (bicyclic) bond motifs is 1. The van der Waals surface area contributed by atoms with Crippen LogP contribution in [-0.2, 0) is 14.3 Å². The van der Waals surface area contributed by atoms with Gasteiger partial charge in [0.2, 0.25) is 0 Å². The largest absolute Gasteiger partial charge is 0.497 e. The molecule has 1 aromatic heterocycles. The number of carbonyl (C=O) groups excluding carboxylic acids is 2. The summed E-state index contributed by atoms with van der Waals surface area (Å²) in [6.45, 7) is 2.59. The number of anilines is 1. The fourth-order valence-electron chi connectivity index (χ4n) is 3.01. The third-order valence-corrected chi connectivity index (χ3v) is 6.90. The molecule has 0 N–H and O–H groups in total. The molecule has 2 aromatic rings. The number of methoxy groups -OCH3 is 1. The van der Waals surface area contributed by atoms with Crippen molar-refractivity contribution in [2.45, 2.75) is 22.5 Å². The van der Waals surface area contributed by atoms with Gasteiger partial charge in [-0.1, -0.05) is 12.1 Å². The Morgan fingerprint density at radius 2 is 1.93 bits per heavy atom. The lowest BCUT2D eigenvalue weighted by Crippen LogP contribution is -2.45. The first kappa shape index (κ1) is 20.7. The Hall–Kier alpha value is -2.03. The maximum absolute atomic E-state index is 13.5. The molecule has 8 heteroatoms. The van der Waals surface area contributed by atoms with Crippen LogP contribution in [0.3, 0.4) is 0 Å². The average Bonchev–Trinajstić information content (AvgIpc) is 3.08. The van der Waals surface area contributed by atoms with Crippen molar-refractivity contribution in [3.63, 3.8) is 0 Å². The van der Waals surface area contributed by atoms with E-state index in [-0.39, 0.29) is 11.2 Å². The third kappa shape index (κ3) is 4.51. The van der Waals surface area contributed by atoms with E-state index in [4.69, 9.17) is 9.47 Å². The van der Waals surface area contributed by atoms with E-state index in [1.807, 2.05) is 54.7 Å². The number of nitrogens with zero attached hydrogens (tertiary/aromatic N) is 2. The van der Waals surface area contributed by atoms with Crippen molar-refractivity contribution < 1.29 is 19.1 Å². The molecule has 0 saturated heterocycles. The number of benzene rings is 1. The monoisotopic (exact) mass is 420 g/mol. The van der Waals surface area contributed by atoms with Crippen molar-refractivity contribution in [2.24, 2.45) is 0 Å². The predicted molar refractivity (Wildman–Crippen MR) is 112 cm³/mol. The van der Waals surface area contributed by atoms with E-state index in [0.29, 0.717) is 13.1 Å². The minimum Gasteiger partial charge on any atom is -0.497 e. The number of thioether (sulfide) groups is 1. The van der Waals surface area contributed by atoms with Crippen LogP contribution in [0.25, 0.3) is 0 Å². The Bertz CT molecular complexity index is 835. The van der Waals surface area contributed by atoms with Crippen LogP contribution in [0.1, 0.15) is 17.7 Å². The smallest absolute Gasteiger partial charge is 0.303 e. The second-order valence-corrected chi connectivity index (χ2v) is 9.05. The SMILES string of the molecule is COc1ccc(C2Sc3sccc3N(CCN(C)C)C(=O)C2OC(C)=O)cc1. The Balaban J connectivity index is 2.01. The van der Waals surface area contributed by atoms with Crippen molar-refractivity contribution in [1.29, 1.82) is 0 Å². The first-order valence-corrected chi connectivity index (χ1v) is 10.7. The third-order valence-electron chi connectivity index (χ3n) is 4.43. The zero-order chi connectivity index (χ0) is 20.3. The van der Waals surface area contributed by atoms with Gasteiger partial charge in [-0.2, -0.15) is 0 Å². The van der Waals surface area contributed by atoms with Gasteiger partial charge >= 0.3 is 5.97 Å². The van der Waals surface area contributed by atoms with Gasteiger partial charge in [-0.25, -0.2) is 0 Å². The molecule has 150 valence electrons. The first-order chi connectivity index (χ1) is 13.4. The van der Waals surface area contributed by atoms with Gasteiger partial charge in [-0.15, -0.1) is 23.1 Å². The Morgan fingerprint density at radius 3 is 2.54 bits per heavy atom. The van der Waals surface area contributed by atoms with E-state index in [1.54, 1.807) is 35.1 Å². The molecule has 2 atom stereocenters. The highest BCUT2D eigenvalue weighted by Gasteiger charge is 2.41. The van der Waals surface area contributed by atoms with Crippen molar-refractivity contribution in [3.05, 3.63) is 41.3 Å². The van der Waals surface area contributed by atoms with Crippen LogP contribution >= 0.6 is 23.1 Å². The molecular weight excluding hydrogens is 396 g/mol. The fraction of sp³-hybridized carbons (Fsp3) is 0.400. The standard InChI is InChI=1S/C20H24N2O4S2/c1-13(23)26-17-18(14-5-7-15(25-4)8-6-14)28-20-16(9-12-27-20)22(19(17)24)11-10-21(2)3/h5-9,12,17-18H,10-11H2,1-4H3. The molecule has 2 heterocycles. The Labute approximate surface area is 173 Å². The second-order valence-electron chi connectivity index (χ2n) is 6.73. The zero-order valence-electron chi connectivity index (χ0n) is 16.4. The highest BCUT2D eigenvalue weighted by Crippen LogP contribution is 2.49. The summed E-state index contributed by atoms with van der Waals surface area (Å²) < 4.78 is 11.8. The quantitative estimate of drug-likeness (QED) is 0.668. The minimum atomic E-state index is -0.891. The molecule has 0 saturated carbocycles. The molecule has 0 radical (unpaired) electrons. The molecule has 2 unspecified atom stereocenters. The highest BCUT2D eigenvalue weighted by atomic mass is 32.2. The summed E-state index contributed by atoms with van der Waals surface area (Å²) in [4.78, 5) is 29.0. The van der Waals surface area contributed by atoms with Gasteiger partial charge in [-0.05, 0) is 43.2 Å². The highest BCUT2D eigenvalue weighted by molar-refractivity contribution is 8.01. The van der Waals surface area contributed by atoms with E-state index in [9.17, 15) is 9.59 Å². The fourth-order valence-corrected chi connectivity index (χ4v) is 5.45. The minimum absolute atomic E-state index is 0.192. The molecule has 6 nitrogen and oxygen atoms in total. The topological polar surface area (TPSA) is 59.1 Å². The van der Waals surface area contributed by atoms with Crippen LogP contribution in [0.2, 0.25) is 0 Å². The summed E-state index contributed by atoms with van der Waals surface area (Å²) in [5.41, 5.74) is 1.80. The molecule has 0 bridgehead atoms. The maximum Gasteiger partial charge on any atom is 0.303 e. The number of thiophene rings is 1. The van der Waals surface area contributed by atoms with Crippen LogP contribution in [0.15, 0.2) is 39.9 Å². The number of rotatable bonds is 6. The number of esters is 1. The van der Waals surface area contributed by atoms with Crippen LogP contribution in [0, 0.1) is 0 Å². The number of amides is 1. The van der Waals surface area contributed by atoms with Gasteiger partial charge in [0, 0.05) is 20.0 Å². The molecule has 0 aliphatic carbocycles. The number of likely N-dealkylation sites (N-methyl/N-ethyl adjacent to an activating group) is 1. The number of carbonyl (C=O) groups is 2. The summed E-state index contributed by atoms with van der Waals surface area (Å²) >= 11 is 3.16. The van der Waals surface area contributed by atoms with Gasteiger partial charge in [-0.3, -0.25) is 9.59 Å². The summed E-state index contributed by atoms with van der Waals surface area (Å²) in [6, 6.07) is 9.51. The van der Waals surface area contributed by atoms with E-state index < -0.39 is 12.1 Å². The van der Waals surface area contributed by atoms with Crippen LogP contribution in [-0.4, -0.2) is 57.2 Å². The first-order valence-electron chi connectivity index (χ1n) is 8.92. The van der Waals surface area contributed by atoms with Gasteiger partial charge in [0.05, 0.1) is 22.3 Å². The average molecular weight is 421 g/mol. The van der Waals surface area contributed by atoms with E-state index in [2.05, 4.69) is 0 Å². The van der Waals surface area contributed by atoms with E-state index in [0.717, 1.165) is 21.2 Å². The van der Waals surface area contributed by atoms with Gasteiger partial charge in [0.15, 0.2) is 6.10 Å². The molecule has 1 aliphatic rings. The molecule has 28 heavy (non-hydrogen) atoms. The van der Waals surface area contributed by atoms with Gasteiger partial charge in [0.1, 0.15) is 5.75 Å². The molecule has 1 amide bonds. The van der Waals surface area contributed by atoms with Crippen LogP contribution < -0.4 is 9.64 Å². The lowest BCUT2D eigenvalue weighted by molar-refractivity contribution is -0.152. The molecule has 0 spiro atoms. The zero-order valence-corrected chi connectivity index (χ0v) is 18.0. The van der Waals surface area contributed by atoms with E-state index >= 15 is 0 Å². The van der Waals surface area contributed by atoms with Gasteiger partial charge in [0.25, 0.3) is 5.91 Å². The molecule has 1 aliphatic heterocycles. The van der Waals surface area contributed by atoms with Crippen LogP contribution in [0.4, 0.5) is 5.69 Å². The summed E-state index contributed by atoms with van der Waals surface area (Å²) in [5, 5.41) is 1.66. The normalized spacial score (nSPS) is 19.3. The second kappa shape index (κ2) is 8.98. The lowest BCUT2D eigenvalue weighted by atomic mass is 10.1. The van der Waals surface area contributed by atoms with E-state index in [1.165, 1.54) is 6.92 Å². The number of ether oxygens (including phenoxy) is 2. The number of hydrogen-bond acceptors (Lipinski definition) is 7. The molecular formula is C20H24N2O4S2. The van der Waals surface area contributed by atoms with Crippen molar-refractivity contribution in [3.8, 4) is 5.75 Å². The Morgan fingerprint density at radius 1 is 1.21 bits per heavy atom. The predicted octanol–water partition coefficient (Wildman–Crippen LogP) is 3.43. The number of hydrogen-bond donors (Lipinski definition) is 0. The van der Waals surface area contributed by atoms with Gasteiger partial charge < -0.3 is 19.3 Å².